The molecular formula is C26H25N3O5. The highest BCUT2D eigenvalue weighted by Crippen LogP contribution is 2.28. The first-order chi connectivity index (χ1) is 16.5. The zero-order valence-electron chi connectivity index (χ0n) is 18.9. The number of nitrogens with zero attached hydrogens (tertiary/aromatic N) is 1. The van der Waals surface area contributed by atoms with Gasteiger partial charge in [-0.05, 0) is 55.0 Å². The summed E-state index contributed by atoms with van der Waals surface area (Å²) >= 11 is 0. The number of methoxy groups -OCH3 is 1. The minimum atomic E-state index is -0.494. The van der Waals surface area contributed by atoms with E-state index in [1.807, 2.05) is 25.1 Å². The summed E-state index contributed by atoms with van der Waals surface area (Å²) in [5, 5.41) is 6.60. The van der Waals surface area contributed by atoms with E-state index in [0.717, 1.165) is 5.56 Å². The van der Waals surface area contributed by atoms with E-state index in [1.165, 1.54) is 13.3 Å². The lowest BCUT2D eigenvalue weighted by Crippen LogP contribution is -2.28. The van der Waals surface area contributed by atoms with Crippen LogP contribution in [0.25, 0.3) is 0 Å². The maximum absolute atomic E-state index is 12.4. The van der Waals surface area contributed by atoms with Crippen LogP contribution in [0.15, 0.2) is 77.9 Å². The van der Waals surface area contributed by atoms with E-state index in [0.29, 0.717) is 22.4 Å². The van der Waals surface area contributed by atoms with Crippen molar-refractivity contribution >= 4 is 24.0 Å². The van der Waals surface area contributed by atoms with Crippen LogP contribution >= 0.6 is 0 Å². The molecule has 3 rings (SSSR count). The van der Waals surface area contributed by atoms with Gasteiger partial charge in [-0.25, -0.2) is 10.2 Å². The lowest BCUT2D eigenvalue weighted by atomic mass is 10.1. The van der Waals surface area contributed by atoms with Crippen molar-refractivity contribution in [2.24, 2.45) is 5.10 Å². The van der Waals surface area contributed by atoms with Crippen LogP contribution in [-0.4, -0.2) is 37.7 Å². The number of carbonyl (C=O) groups excluding carboxylic acids is 3. The third kappa shape index (κ3) is 7.03. The Balaban J connectivity index is 1.49. The van der Waals surface area contributed by atoms with Crippen molar-refractivity contribution < 1.29 is 23.9 Å². The molecule has 0 radical (unpaired) electrons. The summed E-state index contributed by atoms with van der Waals surface area (Å²) in [5.41, 5.74) is 5.04. The lowest BCUT2D eigenvalue weighted by Gasteiger charge is -2.10. The van der Waals surface area contributed by atoms with Crippen LogP contribution in [0, 0.1) is 6.92 Å². The van der Waals surface area contributed by atoms with Crippen LogP contribution in [0.1, 0.15) is 38.3 Å². The second kappa shape index (κ2) is 12.0. The molecule has 8 heteroatoms. The fraction of sp³-hybridized carbons (Fsp3) is 0.154. The van der Waals surface area contributed by atoms with Crippen LogP contribution in [0.2, 0.25) is 0 Å². The number of rotatable bonds is 9. The van der Waals surface area contributed by atoms with Crippen molar-refractivity contribution in [2.75, 3.05) is 13.7 Å². The Morgan fingerprint density at radius 2 is 1.65 bits per heavy atom. The highest BCUT2D eigenvalue weighted by molar-refractivity contribution is 5.94. The summed E-state index contributed by atoms with van der Waals surface area (Å²) in [4.78, 5) is 36.3. The van der Waals surface area contributed by atoms with Gasteiger partial charge >= 0.3 is 5.97 Å². The average molecular weight is 460 g/mol. The Morgan fingerprint density at radius 1 is 0.912 bits per heavy atom. The van der Waals surface area contributed by atoms with Crippen LogP contribution in [0.3, 0.4) is 0 Å². The maximum Gasteiger partial charge on any atom is 0.343 e. The van der Waals surface area contributed by atoms with E-state index < -0.39 is 5.97 Å². The van der Waals surface area contributed by atoms with Gasteiger partial charge in [0.05, 0.1) is 18.9 Å². The summed E-state index contributed by atoms with van der Waals surface area (Å²) in [6.07, 6.45) is 1.52. The molecule has 3 aromatic rings. The van der Waals surface area contributed by atoms with E-state index >= 15 is 0 Å². The molecule has 0 aliphatic carbocycles. The zero-order valence-corrected chi connectivity index (χ0v) is 18.9. The molecule has 0 aromatic heterocycles. The molecule has 2 amide bonds. The first-order valence-electron chi connectivity index (χ1n) is 10.6. The van der Waals surface area contributed by atoms with E-state index in [-0.39, 0.29) is 30.5 Å². The maximum atomic E-state index is 12.4. The van der Waals surface area contributed by atoms with E-state index in [2.05, 4.69) is 15.8 Å². The molecule has 0 aliphatic rings. The number of carbonyl (C=O) groups is 3. The van der Waals surface area contributed by atoms with Gasteiger partial charge in [0, 0.05) is 18.5 Å². The number of nitrogens with one attached hydrogen (secondary N) is 2. The molecule has 0 saturated heterocycles. The Kier molecular flexibility index (Phi) is 8.51. The fourth-order valence-corrected chi connectivity index (χ4v) is 2.91. The van der Waals surface area contributed by atoms with Gasteiger partial charge in [-0.3, -0.25) is 9.59 Å². The third-order valence-corrected chi connectivity index (χ3v) is 4.75. The number of aryl methyl sites for hydroxylation is 1. The van der Waals surface area contributed by atoms with Gasteiger partial charge in [0.15, 0.2) is 11.5 Å². The van der Waals surface area contributed by atoms with Crippen molar-refractivity contribution in [1.82, 2.24) is 10.7 Å². The highest BCUT2D eigenvalue weighted by Gasteiger charge is 2.13. The zero-order chi connectivity index (χ0) is 24.3. The molecule has 0 fully saturated rings. The number of ether oxygens (including phenoxy) is 2. The Bertz CT molecular complexity index is 1170. The van der Waals surface area contributed by atoms with Crippen LogP contribution < -0.4 is 20.2 Å². The van der Waals surface area contributed by atoms with E-state index in [1.54, 1.807) is 54.6 Å². The number of esters is 1. The molecule has 0 spiro atoms. The second-order valence-electron chi connectivity index (χ2n) is 7.33. The smallest absolute Gasteiger partial charge is 0.343 e. The number of amides is 2. The topological polar surface area (TPSA) is 106 Å². The van der Waals surface area contributed by atoms with E-state index in [9.17, 15) is 14.4 Å². The summed E-state index contributed by atoms with van der Waals surface area (Å²) in [5.74, 6) is -0.471. The first-order valence-corrected chi connectivity index (χ1v) is 10.6. The molecule has 0 bridgehead atoms. The second-order valence-corrected chi connectivity index (χ2v) is 7.33. The van der Waals surface area contributed by atoms with Crippen LogP contribution in [0.4, 0.5) is 0 Å². The van der Waals surface area contributed by atoms with Crippen molar-refractivity contribution in [3.8, 4) is 11.5 Å². The summed E-state index contributed by atoms with van der Waals surface area (Å²) < 4.78 is 10.8. The molecule has 0 aliphatic heterocycles. The number of hydrogen-bond donors (Lipinski definition) is 2. The summed E-state index contributed by atoms with van der Waals surface area (Å²) in [6, 6.07) is 20.7. The lowest BCUT2D eigenvalue weighted by molar-refractivity contribution is -0.120. The minimum absolute atomic E-state index is 0.0765. The molecule has 0 heterocycles. The Labute approximate surface area is 197 Å². The first kappa shape index (κ1) is 24.2. The molecule has 0 unspecified atom stereocenters. The van der Waals surface area contributed by atoms with Gasteiger partial charge in [-0.15, -0.1) is 0 Å². The summed E-state index contributed by atoms with van der Waals surface area (Å²) in [7, 11) is 1.46. The standard InChI is InChI=1S/C26H25N3O5/c1-18-8-11-21(12-9-18)26(32)34-22-13-10-19(16-23(22)33-2)17-28-29-24(30)14-15-27-25(31)20-6-4-3-5-7-20/h3-13,16-17H,14-15H2,1-2H3,(H,27,31)(H,29,30). The van der Waals surface area contributed by atoms with E-state index in [4.69, 9.17) is 9.47 Å². The van der Waals surface area contributed by atoms with Gasteiger partial charge in [-0.1, -0.05) is 35.9 Å². The van der Waals surface area contributed by atoms with Gasteiger partial charge in [0.1, 0.15) is 0 Å². The molecule has 3 aromatic carbocycles. The van der Waals surface area contributed by atoms with Gasteiger partial charge < -0.3 is 14.8 Å². The highest BCUT2D eigenvalue weighted by atomic mass is 16.6. The Hall–Kier alpha value is -4.46. The quantitative estimate of drug-likeness (QED) is 0.221. The predicted octanol–water partition coefficient (Wildman–Crippen LogP) is 3.49. The van der Waals surface area contributed by atoms with Crippen molar-refractivity contribution in [3.63, 3.8) is 0 Å². The fourth-order valence-electron chi connectivity index (χ4n) is 2.91. The third-order valence-electron chi connectivity index (χ3n) is 4.75. The number of benzene rings is 3. The largest absolute Gasteiger partial charge is 0.493 e. The van der Waals surface area contributed by atoms with Crippen molar-refractivity contribution in [3.05, 3.63) is 95.1 Å². The number of hydrazone groups is 1. The molecule has 34 heavy (non-hydrogen) atoms. The summed E-state index contributed by atoms with van der Waals surface area (Å²) in [6.45, 7) is 2.12. The molecule has 174 valence electrons. The van der Waals surface area contributed by atoms with Crippen molar-refractivity contribution in [2.45, 2.75) is 13.3 Å². The average Bonchev–Trinajstić information content (AvgIpc) is 2.85. The SMILES string of the molecule is COc1cc(C=NNC(=O)CCNC(=O)c2ccccc2)ccc1OC(=O)c1ccc(C)cc1. The van der Waals surface area contributed by atoms with Crippen molar-refractivity contribution in [1.29, 1.82) is 0 Å². The molecule has 2 N–H and O–H groups in total. The molecule has 0 saturated carbocycles. The molecule has 8 nitrogen and oxygen atoms in total. The molecule has 0 atom stereocenters. The van der Waals surface area contributed by atoms with Gasteiger partial charge in [-0.2, -0.15) is 5.10 Å². The normalized spacial score (nSPS) is 10.5. The monoisotopic (exact) mass is 459 g/mol. The predicted molar refractivity (Wildman–Crippen MR) is 128 cm³/mol. The van der Waals surface area contributed by atoms with Gasteiger partial charge in [0.25, 0.3) is 5.91 Å². The van der Waals surface area contributed by atoms with Crippen LogP contribution in [-0.2, 0) is 4.79 Å². The minimum Gasteiger partial charge on any atom is -0.493 e. The Morgan fingerprint density at radius 3 is 2.35 bits per heavy atom. The van der Waals surface area contributed by atoms with Crippen LogP contribution in [0.5, 0.6) is 11.5 Å². The molecular weight excluding hydrogens is 434 g/mol. The van der Waals surface area contributed by atoms with Gasteiger partial charge in [0.2, 0.25) is 5.91 Å². The number of hydrogen-bond acceptors (Lipinski definition) is 6.